The molecule has 0 aromatic rings. The van der Waals surface area contributed by atoms with E-state index in [-0.39, 0.29) is 13.0 Å². The van der Waals surface area contributed by atoms with Gasteiger partial charge in [0.15, 0.2) is 0 Å². The van der Waals surface area contributed by atoms with Crippen molar-refractivity contribution in [2.24, 2.45) is 5.92 Å². The first-order valence-electron chi connectivity index (χ1n) is 9.04. The van der Waals surface area contributed by atoms with Gasteiger partial charge in [-0.1, -0.05) is 32.1 Å². The molecule has 2 N–H and O–H groups in total. The zero-order valence-electron chi connectivity index (χ0n) is 15.5. The molecule has 1 aliphatic rings. The fourth-order valence-corrected chi connectivity index (χ4v) is 3.09. The van der Waals surface area contributed by atoms with Crippen LogP contribution in [0.4, 0.5) is 4.79 Å². The second kappa shape index (κ2) is 9.87. The summed E-state index contributed by atoms with van der Waals surface area (Å²) in [6, 6.07) is -0.507. The summed E-state index contributed by atoms with van der Waals surface area (Å²) in [5, 5.41) is 13.2. The Morgan fingerprint density at radius 1 is 1.21 bits per heavy atom. The lowest BCUT2D eigenvalue weighted by atomic mass is 9.83. The Morgan fingerprint density at radius 2 is 1.83 bits per heavy atom. The van der Waals surface area contributed by atoms with Crippen molar-refractivity contribution in [2.75, 3.05) is 6.61 Å². The molecule has 0 aliphatic heterocycles. The molecule has 6 nitrogen and oxygen atoms in total. The Kier molecular flexibility index (Phi) is 8.53. The van der Waals surface area contributed by atoms with E-state index in [1.165, 1.54) is 19.3 Å². The molecule has 0 bridgehead atoms. The van der Waals surface area contributed by atoms with E-state index in [0.29, 0.717) is 12.3 Å². The van der Waals surface area contributed by atoms with Crippen molar-refractivity contribution < 1.29 is 24.2 Å². The SMILES string of the molecule is CCOC(=O)C[C@H](O)[C@@H](CC1CCCCC1)NC(=O)OC(C)(C)C. The third kappa shape index (κ3) is 8.52. The van der Waals surface area contributed by atoms with Crippen LogP contribution in [-0.2, 0) is 14.3 Å². The van der Waals surface area contributed by atoms with Gasteiger partial charge < -0.3 is 19.9 Å². The van der Waals surface area contributed by atoms with E-state index in [2.05, 4.69) is 5.32 Å². The quantitative estimate of drug-likeness (QED) is 0.694. The molecule has 2 atom stereocenters. The highest BCUT2D eigenvalue weighted by atomic mass is 16.6. The lowest BCUT2D eigenvalue weighted by Crippen LogP contribution is -2.47. The third-order valence-electron chi connectivity index (χ3n) is 4.16. The molecule has 0 unspecified atom stereocenters. The lowest BCUT2D eigenvalue weighted by molar-refractivity contribution is -0.145. The van der Waals surface area contributed by atoms with E-state index >= 15 is 0 Å². The monoisotopic (exact) mass is 343 g/mol. The summed E-state index contributed by atoms with van der Waals surface area (Å²) in [5.74, 6) is 0.000153. The molecule has 0 spiro atoms. The van der Waals surface area contributed by atoms with Crippen LogP contribution in [0.5, 0.6) is 0 Å². The molecular weight excluding hydrogens is 310 g/mol. The second-order valence-electron chi connectivity index (χ2n) is 7.57. The summed E-state index contributed by atoms with van der Waals surface area (Å²) in [6.07, 6.45) is 4.78. The number of aliphatic hydroxyl groups is 1. The Hall–Kier alpha value is -1.30. The van der Waals surface area contributed by atoms with Gasteiger partial charge in [0.2, 0.25) is 0 Å². The molecule has 6 heteroatoms. The molecule has 1 rings (SSSR count). The van der Waals surface area contributed by atoms with E-state index in [1.54, 1.807) is 27.7 Å². The van der Waals surface area contributed by atoms with Gasteiger partial charge in [0.05, 0.1) is 25.2 Å². The van der Waals surface area contributed by atoms with Crippen molar-refractivity contribution in [1.82, 2.24) is 5.32 Å². The molecule has 0 aromatic heterocycles. The van der Waals surface area contributed by atoms with Gasteiger partial charge in [-0.15, -0.1) is 0 Å². The average molecular weight is 343 g/mol. The van der Waals surface area contributed by atoms with Gasteiger partial charge >= 0.3 is 12.1 Å². The normalized spacial score (nSPS) is 18.5. The number of rotatable bonds is 7. The number of carbonyl (C=O) groups is 2. The minimum atomic E-state index is -0.974. The number of ether oxygens (including phenoxy) is 2. The van der Waals surface area contributed by atoms with Gasteiger partial charge in [-0.25, -0.2) is 4.79 Å². The van der Waals surface area contributed by atoms with Gasteiger partial charge in [0, 0.05) is 0 Å². The van der Waals surface area contributed by atoms with Gasteiger partial charge in [0.25, 0.3) is 0 Å². The molecule has 0 radical (unpaired) electrons. The number of aliphatic hydroxyl groups excluding tert-OH is 1. The van der Waals surface area contributed by atoms with Gasteiger partial charge in [0.1, 0.15) is 5.60 Å². The summed E-state index contributed by atoms with van der Waals surface area (Å²) in [5.41, 5.74) is -0.606. The summed E-state index contributed by atoms with van der Waals surface area (Å²) >= 11 is 0. The largest absolute Gasteiger partial charge is 0.466 e. The molecular formula is C18H33NO5. The van der Waals surface area contributed by atoms with Crippen LogP contribution in [0, 0.1) is 5.92 Å². The molecule has 24 heavy (non-hydrogen) atoms. The van der Waals surface area contributed by atoms with Crippen LogP contribution in [0.3, 0.4) is 0 Å². The standard InChI is InChI=1S/C18H33NO5/c1-5-23-16(21)12-15(20)14(11-13-9-7-6-8-10-13)19-17(22)24-18(2,3)4/h13-15,20H,5-12H2,1-4H3,(H,19,22)/t14-,15+/m1/s1. The van der Waals surface area contributed by atoms with E-state index in [0.717, 1.165) is 12.8 Å². The number of carbonyl (C=O) groups excluding carboxylic acids is 2. The van der Waals surface area contributed by atoms with E-state index in [1.807, 2.05) is 0 Å². The number of amides is 1. The number of esters is 1. The Labute approximate surface area is 145 Å². The summed E-state index contributed by atoms with van der Waals surface area (Å²) in [7, 11) is 0. The Morgan fingerprint density at radius 3 is 2.38 bits per heavy atom. The van der Waals surface area contributed by atoms with Crippen LogP contribution in [0.15, 0.2) is 0 Å². The number of hydrogen-bond acceptors (Lipinski definition) is 5. The predicted molar refractivity (Wildman–Crippen MR) is 91.6 cm³/mol. The first kappa shape index (κ1) is 20.7. The van der Waals surface area contributed by atoms with Crippen LogP contribution in [0.1, 0.15) is 72.6 Å². The zero-order valence-corrected chi connectivity index (χ0v) is 15.5. The molecule has 1 amide bonds. The molecule has 0 heterocycles. The number of alkyl carbamates (subject to hydrolysis) is 1. The molecule has 0 saturated heterocycles. The summed E-state index contributed by atoms with van der Waals surface area (Å²) in [4.78, 5) is 23.7. The molecule has 1 saturated carbocycles. The van der Waals surface area contributed by atoms with Crippen molar-refractivity contribution in [3.63, 3.8) is 0 Å². The predicted octanol–water partition coefficient (Wildman–Crippen LogP) is 3.16. The van der Waals surface area contributed by atoms with Gasteiger partial charge in [-0.05, 0) is 40.0 Å². The first-order chi connectivity index (χ1) is 11.2. The van der Waals surface area contributed by atoms with Crippen LogP contribution in [-0.4, -0.2) is 41.5 Å². The molecule has 0 aromatic carbocycles. The van der Waals surface area contributed by atoms with Crippen molar-refractivity contribution >= 4 is 12.1 Å². The maximum absolute atomic E-state index is 12.1. The van der Waals surface area contributed by atoms with Crippen LogP contribution in [0.2, 0.25) is 0 Å². The number of nitrogens with one attached hydrogen (secondary N) is 1. The third-order valence-corrected chi connectivity index (χ3v) is 4.16. The minimum absolute atomic E-state index is 0.124. The molecule has 1 aliphatic carbocycles. The maximum atomic E-state index is 12.1. The zero-order chi connectivity index (χ0) is 18.2. The van der Waals surface area contributed by atoms with Crippen LogP contribution in [0.25, 0.3) is 0 Å². The highest BCUT2D eigenvalue weighted by Crippen LogP contribution is 2.28. The van der Waals surface area contributed by atoms with Crippen LogP contribution >= 0.6 is 0 Å². The van der Waals surface area contributed by atoms with Gasteiger partial charge in [-0.2, -0.15) is 0 Å². The summed E-state index contributed by atoms with van der Waals surface area (Å²) in [6.45, 7) is 7.37. The first-order valence-corrected chi connectivity index (χ1v) is 9.04. The summed E-state index contributed by atoms with van der Waals surface area (Å²) < 4.78 is 10.2. The van der Waals surface area contributed by atoms with Crippen molar-refractivity contribution in [3.8, 4) is 0 Å². The second-order valence-corrected chi connectivity index (χ2v) is 7.57. The van der Waals surface area contributed by atoms with Crippen molar-refractivity contribution in [2.45, 2.75) is 90.4 Å². The van der Waals surface area contributed by atoms with E-state index in [4.69, 9.17) is 9.47 Å². The van der Waals surface area contributed by atoms with E-state index in [9.17, 15) is 14.7 Å². The highest BCUT2D eigenvalue weighted by molar-refractivity contribution is 5.71. The molecule has 1 fully saturated rings. The van der Waals surface area contributed by atoms with Crippen LogP contribution < -0.4 is 5.32 Å². The van der Waals surface area contributed by atoms with Crippen molar-refractivity contribution in [1.29, 1.82) is 0 Å². The minimum Gasteiger partial charge on any atom is -0.466 e. The Bertz CT molecular complexity index is 399. The van der Waals surface area contributed by atoms with Crippen molar-refractivity contribution in [3.05, 3.63) is 0 Å². The average Bonchev–Trinajstić information content (AvgIpc) is 2.45. The topological polar surface area (TPSA) is 84.9 Å². The number of hydrogen-bond donors (Lipinski definition) is 2. The van der Waals surface area contributed by atoms with E-state index < -0.39 is 29.8 Å². The van der Waals surface area contributed by atoms with Gasteiger partial charge in [-0.3, -0.25) is 4.79 Å². The fraction of sp³-hybridized carbons (Fsp3) is 0.889. The fourth-order valence-electron chi connectivity index (χ4n) is 3.09. The highest BCUT2D eigenvalue weighted by Gasteiger charge is 2.29. The molecule has 140 valence electrons. The maximum Gasteiger partial charge on any atom is 0.407 e. The smallest absolute Gasteiger partial charge is 0.407 e. The lowest BCUT2D eigenvalue weighted by Gasteiger charge is -2.30. The Balaban J connectivity index is 2.66.